The molecule has 3 aromatic rings. The summed E-state index contributed by atoms with van der Waals surface area (Å²) in [5.74, 6) is 0.906. The lowest BCUT2D eigenvalue weighted by Gasteiger charge is -2.43. The molecule has 0 saturated carbocycles. The minimum absolute atomic E-state index is 0.0217. The fraction of sp³-hybridized carbons (Fsp3) is 0.464. The summed E-state index contributed by atoms with van der Waals surface area (Å²) in [6.07, 6.45) is 3.59. The number of carbonyl (C=O) groups excluding carboxylic acids is 2. The van der Waals surface area contributed by atoms with Crippen LogP contribution in [0.2, 0.25) is 0 Å². The van der Waals surface area contributed by atoms with Crippen molar-refractivity contribution >= 4 is 22.8 Å². The van der Waals surface area contributed by atoms with Gasteiger partial charge >= 0.3 is 6.03 Å². The van der Waals surface area contributed by atoms with Gasteiger partial charge in [0.1, 0.15) is 11.8 Å². The molecule has 9 nitrogen and oxygen atoms in total. The lowest BCUT2D eigenvalue weighted by molar-refractivity contribution is -0.123. The molecule has 2 aliphatic rings. The van der Waals surface area contributed by atoms with Gasteiger partial charge in [-0.3, -0.25) is 9.59 Å². The van der Waals surface area contributed by atoms with Gasteiger partial charge in [-0.1, -0.05) is 19.9 Å². The minimum Gasteiger partial charge on any atom is -0.497 e. The smallest absolute Gasteiger partial charge is 0.318 e. The molecule has 0 spiro atoms. The van der Waals surface area contributed by atoms with Crippen LogP contribution in [0.5, 0.6) is 5.75 Å². The number of pyridine rings is 1. The number of hydrogen-bond donors (Lipinski definition) is 3. The largest absolute Gasteiger partial charge is 0.497 e. The number of amides is 3. The van der Waals surface area contributed by atoms with Gasteiger partial charge in [0, 0.05) is 61.0 Å². The van der Waals surface area contributed by atoms with E-state index in [1.807, 2.05) is 53.8 Å². The van der Waals surface area contributed by atoms with Crippen LogP contribution in [0, 0.1) is 11.8 Å². The molecule has 4 heterocycles. The van der Waals surface area contributed by atoms with E-state index < -0.39 is 6.04 Å². The van der Waals surface area contributed by atoms with E-state index in [1.165, 1.54) is 0 Å². The first kappa shape index (κ1) is 24.9. The van der Waals surface area contributed by atoms with Crippen LogP contribution in [0.25, 0.3) is 10.9 Å². The number of H-pyrrole nitrogens is 1. The van der Waals surface area contributed by atoms with Gasteiger partial charge in [0.15, 0.2) is 0 Å². The van der Waals surface area contributed by atoms with E-state index in [2.05, 4.69) is 15.6 Å². The summed E-state index contributed by atoms with van der Waals surface area (Å²) in [5.41, 5.74) is 3.13. The van der Waals surface area contributed by atoms with E-state index in [0.29, 0.717) is 32.6 Å². The van der Waals surface area contributed by atoms with E-state index in [-0.39, 0.29) is 35.3 Å². The number of aromatic amines is 1. The zero-order valence-corrected chi connectivity index (χ0v) is 21.6. The summed E-state index contributed by atoms with van der Waals surface area (Å²) in [5, 5.41) is 7.06. The molecule has 196 valence electrons. The normalized spacial score (nSPS) is 19.4. The Labute approximate surface area is 216 Å². The number of aromatic nitrogens is 2. The van der Waals surface area contributed by atoms with Gasteiger partial charge in [0.2, 0.25) is 5.91 Å². The number of piperidine rings is 1. The number of carbonyl (C=O) groups is 2. The number of methoxy groups -OCH3 is 1. The highest BCUT2D eigenvalue weighted by Gasteiger charge is 2.37. The molecule has 3 amide bonds. The quantitative estimate of drug-likeness (QED) is 0.459. The van der Waals surface area contributed by atoms with Crippen LogP contribution in [0.1, 0.15) is 37.4 Å². The molecule has 0 aliphatic carbocycles. The predicted molar refractivity (Wildman–Crippen MR) is 142 cm³/mol. The van der Waals surface area contributed by atoms with Crippen molar-refractivity contribution in [3.05, 3.63) is 64.2 Å². The SMILES string of the molecule is COc1ccc2[nH]cc(CCNC(=O)C(NC(=O)N3CC4CC(C3)c3cccc(=O)n3C4)C(C)C)c2c1. The van der Waals surface area contributed by atoms with Crippen molar-refractivity contribution in [2.24, 2.45) is 11.8 Å². The Kier molecular flexibility index (Phi) is 6.95. The molecule has 3 N–H and O–H groups in total. The topological polar surface area (TPSA) is 108 Å². The van der Waals surface area contributed by atoms with Crippen LogP contribution in [0.3, 0.4) is 0 Å². The second-order valence-electron chi connectivity index (χ2n) is 10.5. The third-order valence-electron chi connectivity index (χ3n) is 7.66. The van der Waals surface area contributed by atoms with Gasteiger partial charge in [-0.05, 0) is 54.5 Å². The van der Waals surface area contributed by atoms with E-state index in [1.54, 1.807) is 19.2 Å². The van der Waals surface area contributed by atoms with Gasteiger partial charge in [0.05, 0.1) is 7.11 Å². The summed E-state index contributed by atoms with van der Waals surface area (Å²) in [7, 11) is 1.64. The van der Waals surface area contributed by atoms with Crippen LogP contribution < -0.4 is 20.9 Å². The molecule has 0 radical (unpaired) electrons. The van der Waals surface area contributed by atoms with Crippen molar-refractivity contribution in [2.75, 3.05) is 26.7 Å². The molecule has 1 saturated heterocycles. The second-order valence-corrected chi connectivity index (χ2v) is 10.5. The fourth-order valence-corrected chi connectivity index (χ4v) is 5.74. The van der Waals surface area contributed by atoms with E-state index in [9.17, 15) is 14.4 Å². The molecule has 3 unspecified atom stereocenters. The molecule has 2 bridgehead atoms. The Morgan fingerprint density at radius 2 is 2.00 bits per heavy atom. The fourth-order valence-electron chi connectivity index (χ4n) is 5.74. The highest BCUT2D eigenvalue weighted by molar-refractivity contribution is 5.88. The molecule has 2 aliphatic heterocycles. The summed E-state index contributed by atoms with van der Waals surface area (Å²) in [6, 6.07) is 10.4. The van der Waals surface area contributed by atoms with E-state index >= 15 is 0 Å². The predicted octanol–water partition coefficient (Wildman–Crippen LogP) is 2.85. The second kappa shape index (κ2) is 10.3. The van der Waals surface area contributed by atoms with Crippen LogP contribution in [-0.4, -0.2) is 59.2 Å². The number of rotatable bonds is 7. The first-order chi connectivity index (χ1) is 17.8. The molecular formula is C28H35N5O4. The van der Waals surface area contributed by atoms with Crippen LogP contribution in [0.4, 0.5) is 4.79 Å². The maximum absolute atomic E-state index is 13.2. The lowest BCUT2D eigenvalue weighted by Crippen LogP contribution is -2.57. The summed E-state index contributed by atoms with van der Waals surface area (Å²) in [6.45, 7) is 6.08. The summed E-state index contributed by atoms with van der Waals surface area (Å²) >= 11 is 0. The molecule has 2 aromatic heterocycles. The van der Waals surface area contributed by atoms with Crippen LogP contribution in [-0.2, 0) is 17.8 Å². The van der Waals surface area contributed by atoms with Crippen molar-refractivity contribution in [3.63, 3.8) is 0 Å². The Morgan fingerprint density at radius 1 is 1.16 bits per heavy atom. The van der Waals surface area contributed by atoms with Gasteiger partial charge in [-0.25, -0.2) is 4.79 Å². The molecule has 3 atom stereocenters. The number of likely N-dealkylation sites (tertiary alicyclic amines) is 1. The Bertz CT molecular complexity index is 1360. The molecule has 1 fully saturated rings. The van der Waals surface area contributed by atoms with Gasteiger partial charge < -0.3 is 29.8 Å². The Balaban J connectivity index is 1.19. The molecule has 1 aromatic carbocycles. The number of nitrogens with one attached hydrogen (secondary N) is 3. The zero-order chi connectivity index (χ0) is 26.1. The van der Waals surface area contributed by atoms with Gasteiger partial charge in [-0.2, -0.15) is 0 Å². The lowest BCUT2D eigenvalue weighted by atomic mass is 9.83. The standard InChI is InChI=1S/C28H35N5O4/c1-17(2)26(27(35)29-10-9-19-13-30-23-8-7-21(37-3)12-22(19)23)31-28(36)32-14-18-11-20(16-32)24-5-4-6-25(34)33(24)15-18/h4-8,12-13,17-18,20,26,30H,9-11,14-16H2,1-3H3,(H,29,35)(H,31,36). The summed E-state index contributed by atoms with van der Waals surface area (Å²) in [4.78, 5) is 43.7. The third-order valence-corrected chi connectivity index (χ3v) is 7.66. The van der Waals surface area contributed by atoms with Gasteiger partial charge in [0.25, 0.3) is 5.56 Å². The Morgan fingerprint density at radius 3 is 2.78 bits per heavy atom. The number of urea groups is 1. The number of fused-ring (bicyclic) bond motifs is 5. The molecule has 9 heteroatoms. The first-order valence-electron chi connectivity index (χ1n) is 13.0. The molecule has 37 heavy (non-hydrogen) atoms. The highest BCUT2D eigenvalue weighted by Crippen LogP contribution is 2.35. The third kappa shape index (κ3) is 5.08. The van der Waals surface area contributed by atoms with Crippen LogP contribution in [0.15, 0.2) is 47.4 Å². The monoisotopic (exact) mass is 505 g/mol. The number of hydrogen-bond acceptors (Lipinski definition) is 4. The van der Waals surface area contributed by atoms with Gasteiger partial charge in [-0.15, -0.1) is 0 Å². The maximum atomic E-state index is 13.2. The number of nitrogens with zero attached hydrogens (tertiary/aromatic N) is 2. The Hall–Kier alpha value is -3.75. The molecular weight excluding hydrogens is 470 g/mol. The van der Waals surface area contributed by atoms with Crippen molar-refractivity contribution < 1.29 is 14.3 Å². The highest BCUT2D eigenvalue weighted by atomic mass is 16.5. The zero-order valence-electron chi connectivity index (χ0n) is 21.6. The maximum Gasteiger partial charge on any atom is 0.318 e. The number of ether oxygens (including phenoxy) is 1. The molecule has 5 rings (SSSR count). The average molecular weight is 506 g/mol. The van der Waals surface area contributed by atoms with Crippen molar-refractivity contribution in [2.45, 2.75) is 45.2 Å². The van der Waals surface area contributed by atoms with Crippen molar-refractivity contribution in [3.8, 4) is 5.75 Å². The number of benzene rings is 1. The van der Waals surface area contributed by atoms with Crippen molar-refractivity contribution in [1.82, 2.24) is 25.1 Å². The summed E-state index contributed by atoms with van der Waals surface area (Å²) < 4.78 is 7.19. The first-order valence-corrected chi connectivity index (χ1v) is 13.0. The minimum atomic E-state index is -0.632. The van der Waals surface area contributed by atoms with E-state index in [0.717, 1.165) is 34.3 Å². The van der Waals surface area contributed by atoms with Crippen molar-refractivity contribution in [1.29, 1.82) is 0 Å². The average Bonchev–Trinajstić information content (AvgIpc) is 3.29. The van der Waals surface area contributed by atoms with Crippen LogP contribution >= 0.6 is 0 Å². The van der Waals surface area contributed by atoms with E-state index in [4.69, 9.17) is 4.74 Å².